The molecule has 2 aromatic carbocycles. The second-order valence-electron chi connectivity index (χ2n) is 5.92. The molecule has 0 fully saturated rings. The number of nitrogens with one attached hydrogen (secondary N) is 1. The number of aromatic nitrogens is 2. The lowest BCUT2D eigenvalue weighted by atomic mass is 10.2. The maximum Gasteiger partial charge on any atom is 0.276 e. The number of nitro groups is 1. The molecule has 0 unspecified atom stereocenters. The van der Waals surface area contributed by atoms with Gasteiger partial charge in [-0.3, -0.25) is 14.9 Å². The van der Waals surface area contributed by atoms with E-state index < -0.39 is 10.8 Å². The standard InChI is InChI=1S/C19H18N4O7/c1-28-16-4-3-5-17(29-2)18(16)30-11-22-9-8-13(21-22)19(25)20-14-10-12(23(26)27)6-7-15(14)24/h3-10,24H,11H2,1-2H3,(H,20,25). The smallest absolute Gasteiger partial charge is 0.276 e. The van der Waals surface area contributed by atoms with E-state index in [2.05, 4.69) is 10.4 Å². The summed E-state index contributed by atoms with van der Waals surface area (Å²) >= 11 is 0. The van der Waals surface area contributed by atoms with E-state index in [1.54, 1.807) is 18.2 Å². The molecular weight excluding hydrogens is 396 g/mol. The molecule has 0 bridgehead atoms. The van der Waals surface area contributed by atoms with Crippen molar-refractivity contribution in [2.24, 2.45) is 0 Å². The zero-order chi connectivity index (χ0) is 21.7. The molecule has 0 aliphatic rings. The minimum Gasteiger partial charge on any atom is -0.506 e. The van der Waals surface area contributed by atoms with Gasteiger partial charge in [-0.05, 0) is 24.3 Å². The molecule has 1 heterocycles. The Hall–Kier alpha value is -4.28. The van der Waals surface area contributed by atoms with E-state index in [0.717, 1.165) is 18.2 Å². The van der Waals surface area contributed by atoms with Crippen LogP contribution < -0.4 is 19.5 Å². The highest BCUT2D eigenvalue weighted by Gasteiger charge is 2.16. The summed E-state index contributed by atoms with van der Waals surface area (Å²) in [6, 6.07) is 9.93. The topological polar surface area (TPSA) is 138 Å². The number of phenolic OH excluding ortho intramolecular Hbond substituents is 1. The Labute approximate surface area is 170 Å². The summed E-state index contributed by atoms with van der Waals surface area (Å²) in [4.78, 5) is 22.6. The molecule has 3 aromatic rings. The fraction of sp³-hybridized carbons (Fsp3) is 0.158. The largest absolute Gasteiger partial charge is 0.506 e. The van der Waals surface area contributed by atoms with Crippen molar-refractivity contribution in [2.45, 2.75) is 6.73 Å². The van der Waals surface area contributed by atoms with Gasteiger partial charge in [0.15, 0.2) is 23.9 Å². The number of carbonyl (C=O) groups is 1. The number of benzene rings is 2. The van der Waals surface area contributed by atoms with E-state index in [0.29, 0.717) is 17.2 Å². The van der Waals surface area contributed by atoms with Crippen molar-refractivity contribution in [2.75, 3.05) is 19.5 Å². The zero-order valence-electron chi connectivity index (χ0n) is 16.1. The summed E-state index contributed by atoms with van der Waals surface area (Å²) in [6.45, 7) is -0.0356. The van der Waals surface area contributed by atoms with Gasteiger partial charge in [-0.1, -0.05) is 6.07 Å². The SMILES string of the molecule is COc1cccc(OC)c1OCn1ccc(C(=O)Nc2cc([N+](=O)[O-])ccc2O)n1. The Balaban J connectivity index is 1.71. The fourth-order valence-electron chi connectivity index (χ4n) is 2.57. The molecule has 1 aromatic heterocycles. The van der Waals surface area contributed by atoms with Gasteiger partial charge >= 0.3 is 0 Å². The minimum absolute atomic E-state index is 0.0245. The van der Waals surface area contributed by atoms with E-state index in [4.69, 9.17) is 14.2 Å². The Morgan fingerprint density at radius 2 is 1.90 bits per heavy atom. The first-order valence-corrected chi connectivity index (χ1v) is 8.59. The molecule has 0 saturated heterocycles. The number of phenols is 1. The maximum atomic E-state index is 12.4. The molecule has 0 aliphatic heterocycles. The van der Waals surface area contributed by atoms with Crippen LogP contribution in [0.5, 0.6) is 23.0 Å². The molecule has 30 heavy (non-hydrogen) atoms. The van der Waals surface area contributed by atoms with Crippen LogP contribution in [0.3, 0.4) is 0 Å². The van der Waals surface area contributed by atoms with Crippen molar-refractivity contribution in [1.82, 2.24) is 9.78 Å². The predicted molar refractivity (Wildman–Crippen MR) is 105 cm³/mol. The van der Waals surface area contributed by atoms with Gasteiger partial charge in [0.25, 0.3) is 11.6 Å². The van der Waals surface area contributed by atoms with Crippen LogP contribution in [0.1, 0.15) is 10.5 Å². The number of nitro benzene ring substituents is 1. The summed E-state index contributed by atoms with van der Waals surface area (Å²) in [5.74, 6) is 0.367. The van der Waals surface area contributed by atoms with Crippen LogP contribution in [0.4, 0.5) is 11.4 Å². The monoisotopic (exact) mass is 414 g/mol. The average Bonchev–Trinajstić information content (AvgIpc) is 3.22. The number of non-ortho nitro benzene ring substituents is 1. The summed E-state index contributed by atoms with van der Waals surface area (Å²) in [5.41, 5.74) is -0.344. The number of amides is 1. The number of anilines is 1. The molecule has 0 aliphatic carbocycles. The van der Waals surface area contributed by atoms with Gasteiger partial charge in [-0.25, -0.2) is 4.68 Å². The third-order valence-electron chi connectivity index (χ3n) is 4.04. The Morgan fingerprint density at radius 1 is 1.20 bits per heavy atom. The van der Waals surface area contributed by atoms with Crippen LogP contribution in [-0.2, 0) is 6.73 Å². The third-order valence-corrected chi connectivity index (χ3v) is 4.04. The molecule has 11 heteroatoms. The van der Waals surface area contributed by atoms with E-state index in [1.807, 2.05) is 0 Å². The molecule has 0 radical (unpaired) electrons. The number of rotatable bonds is 8. The average molecular weight is 414 g/mol. The van der Waals surface area contributed by atoms with Crippen LogP contribution >= 0.6 is 0 Å². The van der Waals surface area contributed by atoms with Gasteiger partial charge < -0.3 is 24.6 Å². The van der Waals surface area contributed by atoms with Crippen LogP contribution in [-0.4, -0.2) is 39.9 Å². The first-order chi connectivity index (χ1) is 14.4. The third kappa shape index (κ3) is 4.41. The van der Waals surface area contributed by atoms with Gasteiger partial charge in [0.2, 0.25) is 5.75 Å². The number of ether oxygens (including phenoxy) is 3. The van der Waals surface area contributed by atoms with Gasteiger partial charge in [-0.15, -0.1) is 0 Å². The quantitative estimate of drug-likeness (QED) is 0.326. The number of nitrogens with zero attached hydrogens (tertiary/aromatic N) is 3. The van der Waals surface area contributed by atoms with Crippen LogP contribution in [0.25, 0.3) is 0 Å². The first kappa shape index (κ1) is 20.5. The first-order valence-electron chi connectivity index (χ1n) is 8.59. The molecule has 3 rings (SSSR count). The van der Waals surface area contributed by atoms with Crippen LogP contribution in [0.15, 0.2) is 48.7 Å². The van der Waals surface area contributed by atoms with E-state index >= 15 is 0 Å². The lowest BCUT2D eigenvalue weighted by molar-refractivity contribution is -0.384. The zero-order valence-corrected chi connectivity index (χ0v) is 16.1. The maximum absolute atomic E-state index is 12.4. The predicted octanol–water partition coefficient (Wildman–Crippen LogP) is 2.80. The van der Waals surface area contributed by atoms with Crippen molar-refractivity contribution < 1.29 is 29.0 Å². The van der Waals surface area contributed by atoms with E-state index in [1.165, 1.54) is 31.2 Å². The number of hydrogen-bond acceptors (Lipinski definition) is 8. The van der Waals surface area contributed by atoms with E-state index in [9.17, 15) is 20.0 Å². The summed E-state index contributed by atoms with van der Waals surface area (Å²) in [6.07, 6.45) is 1.52. The van der Waals surface area contributed by atoms with Gasteiger partial charge in [0.1, 0.15) is 5.75 Å². The summed E-state index contributed by atoms with van der Waals surface area (Å²) < 4.78 is 17.6. The number of carbonyl (C=O) groups excluding carboxylic acids is 1. The molecular formula is C19H18N4O7. The van der Waals surface area contributed by atoms with Crippen molar-refractivity contribution in [3.05, 3.63) is 64.5 Å². The minimum atomic E-state index is -0.653. The Bertz CT molecular complexity index is 1060. The number of methoxy groups -OCH3 is 2. The van der Waals surface area contributed by atoms with E-state index in [-0.39, 0.29) is 29.5 Å². The highest BCUT2D eigenvalue weighted by Crippen LogP contribution is 2.36. The Kier molecular flexibility index (Phi) is 6.01. The Morgan fingerprint density at radius 3 is 2.53 bits per heavy atom. The fourth-order valence-corrected chi connectivity index (χ4v) is 2.57. The number of para-hydroxylation sites is 1. The molecule has 0 spiro atoms. The normalized spacial score (nSPS) is 10.3. The van der Waals surface area contributed by atoms with Crippen LogP contribution in [0, 0.1) is 10.1 Å². The van der Waals surface area contributed by atoms with Crippen molar-refractivity contribution in [3.63, 3.8) is 0 Å². The molecule has 0 atom stereocenters. The van der Waals surface area contributed by atoms with Crippen molar-refractivity contribution in [3.8, 4) is 23.0 Å². The highest BCUT2D eigenvalue weighted by molar-refractivity contribution is 6.03. The molecule has 0 saturated carbocycles. The molecule has 11 nitrogen and oxygen atoms in total. The summed E-state index contributed by atoms with van der Waals surface area (Å²) in [5, 5.41) is 27.2. The lowest BCUT2D eigenvalue weighted by Gasteiger charge is -2.13. The van der Waals surface area contributed by atoms with Crippen molar-refractivity contribution in [1.29, 1.82) is 0 Å². The van der Waals surface area contributed by atoms with Gasteiger partial charge in [0.05, 0.1) is 24.8 Å². The number of hydrogen-bond donors (Lipinski definition) is 2. The second-order valence-corrected chi connectivity index (χ2v) is 5.92. The summed E-state index contributed by atoms with van der Waals surface area (Å²) in [7, 11) is 3.00. The highest BCUT2D eigenvalue weighted by atomic mass is 16.6. The molecule has 1 amide bonds. The molecule has 156 valence electrons. The van der Waals surface area contributed by atoms with Gasteiger partial charge in [-0.2, -0.15) is 5.10 Å². The second kappa shape index (κ2) is 8.82. The van der Waals surface area contributed by atoms with Crippen LogP contribution in [0.2, 0.25) is 0 Å². The molecule has 2 N–H and O–H groups in total. The van der Waals surface area contributed by atoms with Crippen molar-refractivity contribution >= 4 is 17.3 Å². The van der Waals surface area contributed by atoms with Gasteiger partial charge in [0, 0.05) is 18.3 Å². The number of aromatic hydroxyl groups is 1. The lowest BCUT2D eigenvalue weighted by Crippen LogP contribution is -2.14.